The number of H-pyrrole nitrogens is 1. The monoisotopic (exact) mass is 399 g/mol. The molecule has 2 aromatic carbocycles. The van der Waals surface area contributed by atoms with Gasteiger partial charge in [-0.2, -0.15) is 0 Å². The second-order valence-electron chi connectivity index (χ2n) is 8.83. The molecule has 5 nitrogen and oxygen atoms in total. The zero-order valence-electron chi connectivity index (χ0n) is 16.9. The van der Waals surface area contributed by atoms with E-state index in [-0.39, 0.29) is 23.9 Å². The summed E-state index contributed by atoms with van der Waals surface area (Å²) in [7, 11) is 0. The molecule has 0 radical (unpaired) electrons. The molecule has 1 fully saturated rings. The van der Waals surface area contributed by atoms with Crippen molar-refractivity contribution in [2.45, 2.75) is 56.7 Å². The summed E-state index contributed by atoms with van der Waals surface area (Å²) < 4.78 is 0. The van der Waals surface area contributed by atoms with E-state index in [1.807, 2.05) is 41.3 Å². The van der Waals surface area contributed by atoms with Crippen LogP contribution in [0.15, 0.2) is 48.5 Å². The van der Waals surface area contributed by atoms with Gasteiger partial charge in [-0.05, 0) is 36.1 Å². The number of fused-ring (bicyclic) bond motifs is 7. The minimum absolute atomic E-state index is 0.0102. The predicted octanol–water partition coefficient (Wildman–Crippen LogP) is 4.09. The molecule has 0 unspecified atom stereocenters. The van der Waals surface area contributed by atoms with Gasteiger partial charge in [0.2, 0.25) is 5.91 Å². The van der Waals surface area contributed by atoms with Crippen LogP contribution in [0.5, 0.6) is 0 Å². The number of rotatable bonds is 2. The number of hydrogen-bond donors (Lipinski definition) is 2. The topological polar surface area (TPSA) is 65.2 Å². The van der Waals surface area contributed by atoms with Crippen LogP contribution in [-0.2, 0) is 11.2 Å². The minimum atomic E-state index is -0.483. The maximum atomic E-state index is 13.5. The molecule has 0 spiro atoms. The van der Waals surface area contributed by atoms with E-state index in [9.17, 15) is 9.59 Å². The fraction of sp³-hybridized carbons (Fsp3) is 0.360. The van der Waals surface area contributed by atoms with Gasteiger partial charge in [-0.3, -0.25) is 9.59 Å². The van der Waals surface area contributed by atoms with Crippen molar-refractivity contribution in [2.75, 3.05) is 0 Å². The van der Waals surface area contributed by atoms with Gasteiger partial charge < -0.3 is 15.2 Å². The molecular formula is C25H25N3O2. The number of nitrogens with zero attached hydrogens (tertiary/aromatic N) is 1. The summed E-state index contributed by atoms with van der Waals surface area (Å²) in [6.07, 6.45) is 6.20. The largest absolute Gasteiger partial charge is 0.356 e. The number of para-hydroxylation sites is 1. The molecule has 1 aromatic heterocycles. The van der Waals surface area contributed by atoms with Crippen molar-refractivity contribution in [3.63, 3.8) is 0 Å². The summed E-state index contributed by atoms with van der Waals surface area (Å²) in [4.78, 5) is 32.2. The number of hydrogen-bond acceptors (Lipinski definition) is 2. The first-order valence-corrected chi connectivity index (χ1v) is 11.0. The number of benzene rings is 2. The molecule has 1 aliphatic carbocycles. The Hall–Kier alpha value is -3.08. The van der Waals surface area contributed by atoms with Gasteiger partial charge in [0.15, 0.2) is 0 Å². The Kier molecular flexibility index (Phi) is 3.98. The van der Waals surface area contributed by atoms with Crippen LogP contribution in [0.1, 0.15) is 65.3 Å². The highest BCUT2D eigenvalue weighted by atomic mass is 16.2. The summed E-state index contributed by atoms with van der Waals surface area (Å²) in [6.45, 7) is 0. The number of amides is 2. The summed E-state index contributed by atoms with van der Waals surface area (Å²) in [5.41, 5.74) is 4.99. The molecule has 3 aliphatic rings. The first-order valence-electron chi connectivity index (χ1n) is 11.0. The van der Waals surface area contributed by atoms with Gasteiger partial charge in [-0.1, -0.05) is 55.7 Å². The lowest BCUT2D eigenvalue weighted by Crippen LogP contribution is -2.54. The molecule has 0 bridgehead atoms. The Labute approximate surface area is 175 Å². The molecule has 152 valence electrons. The van der Waals surface area contributed by atoms with Crippen molar-refractivity contribution < 1.29 is 9.59 Å². The van der Waals surface area contributed by atoms with Crippen molar-refractivity contribution in [1.29, 1.82) is 0 Å². The molecule has 2 aliphatic heterocycles. The zero-order chi connectivity index (χ0) is 20.2. The summed E-state index contributed by atoms with van der Waals surface area (Å²) in [5, 5.41) is 4.43. The Morgan fingerprint density at radius 3 is 2.63 bits per heavy atom. The van der Waals surface area contributed by atoms with Gasteiger partial charge >= 0.3 is 0 Å². The molecule has 6 rings (SSSR count). The van der Waals surface area contributed by atoms with Gasteiger partial charge in [0.25, 0.3) is 5.91 Å². The van der Waals surface area contributed by atoms with Gasteiger partial charge in [0.05, 0.1) is 6.04 Å². The standard InChI is InChI=1S/C25H25N3O2/c29-24(26-15-8-2-1-3-9-15)21-14-19-16-10-6-7-13-20(16)27-22(19)23-17-11-4-5-12-18(17)25(30)28(21)23/h4-7,10-13,15,21,23,27H,1-3,8-9,14H2,(H,26,29)/t21-,23-/m0/s1. The van der Waals surface area contributed by atoms with E-state index in [2.05, 4.69) is 22.4 Å². The van der Waals surface area contributed by atoms with Crippen molar-refractivity contribution in [1.82, 2.24) is 15.2 Å². The van der Waals surface area contributed by atoms with Crippen LogP contribution in [0.2, 0.25) is 0 Å². The number of aromatic amines is 1. The van der Waals surface area contributed by atoms with Gasteiger partial charge in [0.1, 0.15) is 6.04 Å². The Bertz CT molecular complexity index is 1160. The van der Waals surface area contributed by atoms with E-state index in [4.69, 9.17) is 0 Å². The van der Waals surface area contributed by atoms with Crippen molar-refractivity contribution >= 4 is 22.7 Å². The van der Waals surface area contributed by atoms with Crippen molar-refractivity contribution in [2.24, 2.45) is 0 Å². The number of nitrogens with one attached hydrogen (secondary N) is 2. The predicted molar refractivity (Wildman–Crippen MR) is 115 cm³/mol. The zero-order valence-corrected chi connectivity index (χ0v) is 16.9. The number of aromatic nitrogens is 1. The van der Waals surface area contributed by atoms with E-state index in [1.54, 1.807) is 0 Å². The Morgan fingerprint density at radius 1 is 1.00 bits per heavy atom. The van der Waals surface area contributed by atoms with E-state index in [1.165, 1.54) is 24.8 Å². The van der Waals surface area contributed by atoms with Crippen LogP contribution in [0, 0.1) is 0 Å². The van der Waals surface area contributed by atoms with Gasteiger partial charge in [0, 0.05) is 34.6 Å². The smallest absolute Gasteiger partial charge is 0.255 e. The van der Waals surface area contributed by atoms with E-state index in [0.717, 1.165) is 35.0 Å². The molecule has 3 aromatic rings. The molecule has 2 N–H and O–H groups in total. The van der Waals surface area contributed by atoms with E-state index in [0.29, 0.717) is 12.0 Å². The van der Waals surface area contributed by atoms with Crippen LogP contribution in [0.25, 0.3) is 10.9 Å². The van der Waals surface area contributed by atoms with Gasteiger partial charge in [-0.15, -0.1) is 0 Å². The quantitative estimate of drug-likeness (QED) is 0.682. The molecule has 2 amide bonds. The molecular weight excluding hydrogens is 374 g/mol. The van der Waals surface area contributed by atoms with E-state index >= 15 is 0 Å². The lowest BCUT2D eigenvalue weighted by atomic mass is 9.89. The highest BCUT2D eigenvalue weighted by molar-refractivity contribution is 6.03. The molecule has 30 heavy (non-hydrogen) atoms. The van der Waals surface area contributed by atoms with Crippen LogP contribution >= 0.6 is 0 Å². The number of carbonyl (C=O) groups excluding carboxylic acids is 2. The summed E-state index contributed by atoms with van der Waals surface area (Å²) in [5.74, 6) is -0.0484. The second kappa shape index (κ2) is 6.73. The van der Waals surface area contributed by atoms with Crippen LogP contribution in [0.3, 0.4) is 0 Å². The second-order valence-corrected chi connectivity index (χ2v) is 8.83. The summed E-state index contributed by atoms with van der Waals surface area (Å²) in [6, 6.07) is 15.5. The Balaban J connectivity index is 1.46. The third-order valence-corrected chi connectivity index (χ3v) is 7.11. The Morgan fingerprint density at radius 2 is 1.77 bits per heavy atom. The van der Waals surface area contributed by atoms with Crippen LogP contribution in [0.4, 0.5) is 0 Å². The SMILES string of the molecule is O=C(NC1CCCCC1)[C@@H]1Cc2c([nH]c3ccccc23)[C@@H]2c3ccccc3C(=O)N21. The number of carbonyl (C=O) groups is 2. The maximum absolute atomic E-state index is 13.5. The third kappa shape index (κ3) is 2.54. The average Bonchev–Trinajstić information content (AvgIpc) is 3.30. The molecule has 3 heterocycles. The highest BCUT2D eigenvalue weighted by Crippen LogP contribution is 2.46. The fourth-order valence-electron chi connectivity index (χ4n) is 5.68. The summed E-state index contributed by atoms with van der Waals surface area (Å²) >= 11 is 0. The molecule has 2 atom stereocenters. The normalized spacial score (nSPS) is 23.2. The first-order chi connectivity index (χ1) is 14.7. The fourth-order valence-corrected chi connectivity index (χ4v) is 5.68. The highest BCUT2D eigenvalue weighted by Gasteiger charge is 2.49. The van der Waals surface area contributed by atoms with E-state index < -0.39 is 6.04 Å². The van der Waals surface area contributed by atoms with Crippen LogP contribution in [-0.4, -0.2) is 33.8 Å². The van der Waals surface area contributed by atoms with Crippen molar-refractivity contribution in [3.8, 4) is 0 Å². The minimum Gasteiger partial charge on any atom is -0.356 e. The molecule has 0 saturated heterocycles. The van der Waals surface area contributed by atoms with Gasteiger partial charge in [-0.25, -0.2) is 0 Å². The lowest BCUT2D eigenvalue weighted by Gasteiger charge is -2.38. The lowest BCUT2D eigenvalue weighted by molar-refractivity contribution is -0.127. The maximum Gasteiger partial charge on any atom is 0.255 e. The first kappa shape index (κ1) is 17.8. The molecule has 1 saturated carbocycles. The molecule has 5 heteroatoms. The average molecular weight is 399 g/mol. The third-order valence-electron chi connectivity index (χ3n) is 7.11. The van der Waals surface area contributed by atoms with Crippen molar-refractivity contribution in [3.05, 3.63) is 70.9 Å². The van der Waals surface area contributed by atoms with Crippen LogP contribution < -0.4 is 5.32 Å².